The number of thiophene rings is 1. The highest BCUT2D eigenvalue weighted by molar-refractivity contribution is 7.10. The average Bonchev–Trinajstić information content (AvgIpc) is 3.09. The molecule has 0 spiro atoms. The number of hydrogen-bond acceptors (Lipinski definition) is 7. The van der Waals surface area contributed by atoms with Crippen molar-refractivity contribution in [3.63, 3.8) is 0 Å². The van der Waals surface area contributed by atoms with Crippen molar-refractivity contribution in [3.05, 3.63) is 52.5 Å². The Labute approximate surface area is 136 Å². The van der Waals surface area contributed by atoms with Crippen LogP contribution < -0.4 is 10.4 Å². The van der Waals surface area contributed by atoms with E-state index in [9.17, 15) is 9.18 Å². The Morgan fingerprint density at radius 2 is 2.09 bits per heavy atom. The number of halogens is 1. The van der Waals surface area contributed by atoms with Gasteiger partial charge in [0.05, 0.1) is 12.8 Å². The first-order valence-corrected chi connectivity index (χ1v) is 7.73. The maximum atomic E-state index is 13.2. The number of carbonyl (C=O) groups is 1. The van der Waals surface area contributed by atoms with Crippen molar-refractivity contribution in [1.82, 2.24) is 10.4 Å². The van der Waals surface area contributed by atoms with Crippen LogP contribution in [0.25, 0.3) is 0 Å². The van der Waals surface area contributed by atoms with E-state index in [1.165, 1.54) is 24.3 Å². The second-order valence-electron chi connectivity index (χ2n) is 4.84. The van der Waals surface area contributed by atoms with Gasteiger partial charge in [0.15, 0.2) is 6.17 Å². The number of methoxy groups -OCH3 is 1. The number of nitrogens with zero attached hydrogens (tertiary/aromatic N) is 3. The molecule has 2 aromatic rings. The normalized spacial score (nSPS) is 17.9. The van der Waals surface area contributed by atoms with Gasteiger partial charge in [-0.15, -0.1) is 16.4 Å². The average molecular weight is 334 g/mol. The molecule has 3 rings (SSSR count). The molecule has 0 radical (unpaired) electrons. The van der Waals surface area contributed by atoms with Gasteiger partial charge in [-0.05, 0) is 35.7 Å². The van der Waals surface area contributed by atoms with E-state index in [0.29, 0.717) is 5.69 Å². The maximum Gasteiger partial charge on any atom is 0.377 e. The molecule has 0 bridgehead atoms. The summed E-state index contributed by atoms with van der Waals surface area (Å²) in [6, 6.07) is 9.83. The number of esters is 1. The maximum absolute atomic E-state index is 13.2. The molecule has 23 heavy (non-hydrogen) atoms. The third kappa shape index (κ3) is 3.03. The predicted molar refractivity (Wildman–Crippen MR) is 86.3 cm³/mol. The minimum absolute atomic E-state index is 0.115. The minimum Gasteiger partial charge on any atom is -0.463 e. The third-order valence-corrected chi connectivity index (χ3v) is 4.28. The van der Waals surface area contributed by atoms with Crippen LogP contribution in [0.5, 0.6) is 0 Å². The Bertz CT molecular complexity index is 718. The number of carbonyl (C=O) groups excluding carboxylic acids is 1. The summed E-state index contributed by atoms with van der Waals surface area (Å²) >= 11 is 1.56. The van der Waals surface area contributed by atoms with E-state index < -0.39 is 5.97 Å². The van der Waals surface area contributed by atoms with Crippen LogP contribution >= 0.6 is 11.3 Å². The van der Waals surface area contributed by atoms with E-state index in [0.717, 1.165) is 4.88 Å². The van der Waals surface area contributed by atoms with Crippen molar-refractivity contribution in [2.24, 2.45) is 5.10 Å². The smallest absolute Gasteiger partial charge is 0.377 e. The van der Waals surface area contributed by atoms with Gasteiger partial charge >= 0.3 is 5.97 Å². The zero-order chi connectivity index (χ0) is 16.4. The molecule has 0 amide bonds. The number of likely N-dealkylation sites (N-methyl/N-ethyl adjacent to an activating group) is 1. The summed E-state index contributed by atoms with van der Waals surface area (Å²) in [6.07, 6.45) is -0.307. The Kier molecular flexibility index (Phi) is 4.26. The molecule has 1 aliphatic rings. The summed E-state index contributed by atoms with van der Waals surface area (Å²) in [5.41, 5.74) is 3.85. The van der Waals surface area contributed by atoms with Crippen LogP contribution in [0.3, 0.4) is 0 Å². The molecule has 1 atom stereocenters. The summed E-state index contributed by atoms with van der Waals surface area (Å²) in [5, 5.41) is 9.51. The van der Waals surface area contributed by atoms with E-state index >= 15 is 0 Å². The molecule has 6 nitrogen and oxygen atoms in total. The van der Waals surface area contributed by atoms with Gasteiger partial charge in [0.25, 0.3) is 0 Å². The molecule has 2 heterocycles. The fourth-order valence-electron chi connectivity index (χ4n) is 2.23. The number of ether oxygens (including phenoxy) is 1. The second kappa shape index (κ2) is 6.35. The molecule has 1 unspecified atom stereocenters. The molecular weight excluding hydrogens is 319 g/mol. The fourth-order valence-corrected chi connectivity index (χ4v) is 2.98. The molecule has 1 N–H and O–H groups in total. The molecule has 0 saturated heterocycles. The lowest BCUT2D eigenvalue weighted by molar-refractivity contribution is -0.133. The highest BCUT2D eigenvalue weighted by atomic mass is 32.1. The number of anilines is 1. The number of hydrazine groups is 1. The van der Waals surface area contributed by atoms with Crippen molar-refractivity contribution < 1.29 is 13.9 Å². The Morgan fingerprint density at radius 1 is 1.35 bits per heavy atom. The molecule has 1 aromatic carbocycles. The van der Waals surface area contributed by atoms with Gasteiger partial charge in [-0.2, -0.15) is 0 Å². The number of nitrogens with one attached hydrogen (secondary N) is 1. The van der Waals surface area contributed by atoms with E-state index in [1.807, 2.05) is 17.5 Å². The van der Waals surface area contributed by atoms with Crippen molar-refractivity contribution in [2.45, 2.75) is 6.17 Å². The van der Waals surface area contributed by atoms with E-state index in [2.05, 4.69) is 10.5 Å². The van der Waals surface area contributed by atoms with Gasteiger partial charge in [0.1, 0.15) is 5.82 Å². The highest BCUT2D eigenvalue weighted by Gasteiger charge is 2.32. The Balaban J connectivity index is 2.05. The second-order valence-corrected chi connectivity index (χ2v) is 5.82. The molecule has 0 fully saturated rings. The topological polar surface area (TPSA) is 57.2 Å². The number of benzene rings is 1. The van der Waals surface area contributed by atoms with Crippen LogP contribution in [-0.4, -0.2) is 31.0 Å². The van der Waals surface area contributed by atoms with E-state index in [1.54, 1.807) is 35.5 Å². The van der Waals surface area contributed by atoms with Gasteiger partial charge in [-0.25, -0.2) is 19.6 Å². The third-order valence-electron chi connectivity index (χ3n) is 3.35. The van der Waals surface area contributed by atoms with Crippen molar-refractivity contribution in [3.8, 4) is 0 Å². The quantitative estimate of drug-likeness (QED) is 0.873. The molecule has 0 aliphatic carbocycles. The summed E-state index contributed by atoms with van der Waals surface area (Å²) in [5.74, 6) is -0.776. The Morgan fingerprint density at radius 3 is 2.70 bits per heavy atom. The first kappa shape index (κ1) is 15.4. The van der Waals surface area contributed by atoms with Crippen molar-refractivity contribution in [2.75, 3.05) is 19.2 Å². The first-order valence-electron chi connectivity index (χ1n) is 6.85. The standard InChI is InChI=1S/C15H15FN4O2S/c1-19-14(15(21)22-2)18-20(11-7-5-10(16)6-8-11)13(17-19)12-4-3-9-23-12/h3-9,13,17H,1-2H3. The van der Waals surface area contributed by atoms with Gasteiger partial charge in [0.2, 0.25) is 5.84 Å². The molecule has 8 heteroatoms. The van der Waals surface area contributed by atoms with E-state index in [-0.39, 0.29) is 17.8 Å². The summed E-state index contributed by atoms with van der Waals surface area (Å²) in [7, 11) is 2.99. The van der Waals surface area contributed by atoms with Crippen LogP contribution in [0.4, 0.5) is 10.1 Å². The van der Waals surface area contributed by atoms with E-state index in [4.69, 9.17) is 4.74 Å². The molecule has 120 valence electrons. The fraction of sp³-hybridized carbons (Fsp3) is 0.200. The van der Waals surface area contributed by atoms with Gasteiger partial charge in [-0.1, -0.05) is 6.07 Å². The van der Waals surface area contributed by atoms with Gasteiger partial charge in [0, 0.05) is 11.9 Å². The molecule has 1 aliphatic heterocycles. The largest absolute Gasteiger partial charge is 0.463 e. The first-order chi connectivity index (χ1) is 11.1. The Hall–Kier alpha value is -2.45. The minimum atomic E-state index is -0.559. The van der Waals surface area contributed by atoms with Crippen molar-refractivity contribution in [1.29, 1.82) is 0 Å². The lowest BCUT2D eigenvalue weighted by Crippen LogP contribution is -2.54. The SMILES string of the molecule is COC(=O)C1=NN(c2ccc(F)cc2)C(c2cccs2)NN1C. The van der Waals surface area contributed by atoms with Crippen LogP contribution in [-0.2, 0) is 9.53 Å². The van der Waals surface area contributed by atoms with Crippen LogP contribution in [0.2, 0.25) is 0 Å². The lowest BCUT2D eigenvalue weighted by Gasteiger charge is -2.38. The number of amidine groups is 1. The summed E-state index contributed by atoms with van der Waals surface area (Å²) < 4.78 is 17.9. The zero-order valence-corrected chi connectivity index (χ0v) is 13.4. The predicted octanol–water partition coefficient (Wildman–Crippen LogP) is 2.33. The monoisotopic (exact) mass is 334 g/mol. The lowest BCUT2D eigenvalue weighted by atomic mass is 10.2. The van der Waals surface area contributed by atoms with Crippen LogP contribution in [0.1, 0.15) is 11.0 Å². The van der Waals surface area contributed by atoms with Gasteiger partial charge < -0.3 is 4.74 Å². The molecular formula is C15H15FN4O2S. The summed E-state index contributed by atoms with van der Waals surface area (Å²) in [6.45, 7) is 0. The van der Waals surface area contributed by atoms with Crippen LogP contribution in [0, 0.1) is 5.82 Å². The van der Waals surface area contributed by atoms with Gasteiger partial charge in [-0.3, -0.25) is 5.01 Å². The molecule has 1 aromatic heterocycles. The number of rotatable bonds is 3. The zero-order valence-electron chi connectivity index (χ0n) is 12.6. The highest BCUT2D eigenvalue weighted by Crippen LogP contribution is 2.31. The summed E-state index contributed by atoms with van der Waals surface area (Å²) in [4.78, 5) is 12.9. The number of hydrogen-bond donors (Lipinski definition) is 1. The molecule has 0 saturated carbocycles. The number of hydrazone groups is 1. The van der Waals surface area contributed by atoms with Crippen molar-refractivity contribution >= 4 is 28.8 Å². The van der Waals surface area contributed by atoms with Crippen LogP contribution in [0.15, 0.2) is 46.9 Å².